The molecule has 0 aliphatic heterocycles. The van der Waals surface area contributed by atoms with Gasteiger partial charge in [-0.15, -0.1) is 0 Å². The first-order valence-electron chi connectivity index (χ1n) is 4.25. The van der Waals surface area contributed by atoms with Crippen molar-refractivity contribution < 1.29 is 14.3 Å². The number of amides is 1. The van der Waals surface area contributed by atoms with Crippen LogP contribution >= 0.6 is 0 Å². The third kappa shape index (κ3) is 4.50. The number of ether oxygens (including phenoxy) is 1. The van der Waals surface area contributed by atoms with Gasteiger partial charge in [-0.3, -0.25) is 9.59 Å². The predicted octanol–water partition coefficient (Wildman–Crippen LogP) is 0.840. The molecule has 0 aromatic rings. The van der Waals surface area contributed by atoms with E-state index in [1.54, 1.807) is 27.7 Å². The van der Waals surface area contributed by atoms with Crippen LogP contribution in [0.4, 0.5) is 0 Å². The van der Waals surface area contributed by atoms with Gasteiger partial charge >= 0.3 is 5.97 Å². The van der Waals surface area contributed by atoms with Gasteiger partial charge in [-0.2, -0.15) is 0 Å². The first kappa shape index (κ1) is 11.9. The molecule has 0 aromatic heterocycles. The maximum Gasteiger partial charge on any atom is 0.307 e. The second kappa shape index (κ2) is 4.25. The molecule has 0 aliphatic rings. The van der Waals surface area contributed by atoms with Gasteiger partial charge in [0, 0.05) is 0 Å². The molecule has 0 heterocycles. The van der Waals surface area contributed by atoms with Crippen molar-refractivity contribution in [2.75, 3.05) is 0 Å². The summed E-state index contributed by atoms with van der Waals surface area (Å²) >= 11 is 0. The van der Waals surface area contributed by atoms with E-state index in [0.717, 1.165) is 0 Å². The minimum absolute atomic E-state index is 0.0283. The van der Waals surface area contributed by atoms with E-state index in [4.69, 9.17) is 10.5 Å². The van der Waals surface area contributed by atoms with Crippen molar-refractivity contribution in [3.63, 3.8) is 0 Å². The summed E-state index contributed by atoms with van der Waals surface area (Å²) < 4.78 is 4.89. The Bertz CT molecular complexity index is 209. The highest BCUT2D eigenvalue weighted by Gasteiger charge is 2.29. The number of carbonyl (C=O) groups is 2. The largest absolute Gasteiger partial charge is 0.463 e. The minimum atomic E-state index is -0.827. The number of rotatable bonds is 4. The molecule has 0 spiro atoms. The van der Waals surface area contributed by atoms with Gasteiger partial charge in [-0.05, 0) is 13.8 Å². The average molecular weight is 187 g/mol. The highest BCUT2D eigenvalue weighted by atomic mass is 16.5. The number of esters is 1. The van der Waals surface area contributed by atoms with E-state index in [0.29, 0.717) is 0 Å². The average Bonchev–Trinajstić information content (AvgIpc) is 1.82. The molecule has 76 valence electrons. The van der Waals surface area contributed by atoms with Crippen LogP contribution in [0.3, 0.4) is 0 Å². The Balaban J connectivity index is 4.12. The Labute approximate surface area is 78.4 Å². The maximum atomic E-state index is 11.1. The third-order valence-corrected chi connectivity index (χ3v) is 1.62. The Kier molecular flexibility index (Phi) is 3.91. The number of carbonyl (C=O) groups excluding carboxylic acids is 2. The first-order valence-corrected chi connectivity index (χ1v) is 4.25. The summed E-state index contributed by atoms with van der Waals surface area (Å²) in [5, 5.41) is 0. The van der Waals surface area contributed by atoms with Crippen LogP contribution in [-0.2, 0) is 14.3 Å². The van der Waals surface area contributed by atoms with Crippen molar-refractivity contribution in [3.8, 4) is 0 Å². The fourth-order valence-electron chi connectivity index (χ4n) is 0.753. The molecular formula is C9H17NO3. The van der Waals surface area contributed by atoms with E-state index in [2.05, 4.69) is 0 Å². The van der Waals surface area contributed by atoms with Crippen LogP contribution in [0.1, 0.15) is 34.1 Å². The van der Waals surface area contributed by atoms with E-state index in [1.807, 2.05) is 0 Å². The van der Waals surface area contributed by atoms with E-state index in [1.165, 1.54) is 0 Å². The zero-order chi connectivity index (χ0) is 10.6. The van der Waals surface area contributed by atoms with Crippen molar-refractivity contribution in [2.24, 2.45) is 11.1 Å². The lowest BCUT2D eigenvalue weighted by Crippen LogP contribution is -2.34. The molecule has 0 atom stereocenters. The maximum absolute atomic E-state index is 11.1. The highest BCUT2D eigenvalue weighted by molar-refractivity contribution is 5.85. The number of hydrogen-bond donors (Lipinski definition) is 1. The minimum Gasteiger partial charge on any atom is -0.463 e. The van der Waals surface area contributed by atoms with Crippen molar-refractivity contribution >= 4 is 11.9 Å². The van der Waals surface area contributed by atoms with Gasteiger partial charge in [-0.25, -0.2) is 0 Å². The molecule has 0 radical (unpaired) electrons. The van der Waals surface area contributed by atoms with Crippen LogP contribution in [0.5, 0.6) is 0 Å². The second-order valence-corrected chi connectivity index (χ2v) is 3.96. The van der Waals surface area contributed by atoms with Gasteiger partial charge in [0.25, 0.3) is 0 Å². The molecule has 0 rings (SSSR count). The van der Waals surface area contributed by atoms with Crippen LogP contribution in [0, 0.1) is 5.41 Å². The number of nitrogens with two attached hydrogens (primary N) is 1. The van der Waals surface area contributed by atoms with E-state index < -0.39 is 11.3 Å². The van der Waals surface area contributed by atoms with Gasteiger partial charge in [-0.1, -0.05) is 13.8 Å². The monoisotopic (exact) mass is 187 g/mol. The molecule has 2 N–H and O–H groups in total. The second-order valence-electron chi connectivity index (χ2n) is 3.96. The highest BCUT2D eigenvalue weighted by Crippen LogP contribution is 2.20. The SMILES string of the molecule is CC(C)OC(=O)CC(C)(C)C(N)=O. The molecular weight excluding hydrogens is 170 g/mol. The molecule has 0 saturated heterocycles. The number of primary amides is 1. The number of hydrogen-bond acceptors (Lipinski definition) is 3. The summed E-state index contributed by atoms with van der Waals surface area (Å²) in [6.45, 7) is 6.76. The zero-order valence-electron chi connectivity index (χ0n) is 8.59. The lowest BCUT2D eigenvalue weighted by atomic mass is 9.89. The van der Waals surface area contributed by atoms with Crippen molar-refractivity contribution in [1.29, 1.82) is 0 Å². The fraction of sp³-hybridized carbons (Fsp3) is 0.778. The normalized spacial score (nSPS) is 11.5. The topological polar surface area (TPSA) is 69.4 Å². The third-order valence-electron chi connectivity index (χ3n) is 1.62. The van der Waals surface area contributed by atoms with Crippen LogP contribution in [0.25, 0.3) is 0 Å². The summed E-state index contributed by atoms with van der Waals surface area (Å²) in [6.07, 6.45) is -0.128. The quantitative estimate of drug-likeness (QED) is 0.663. The van der Waals surface area contributed by atoms with Gasteiger partial charge < -0.3 is 10.5 Å². The van der Waals surface area contributed by atoms with E-state index >= 15 is 0 Å². The van der Waals surface area contributed by atoms with Crippen LogP contribution in [0.2, 0.25) is 0 Å². The molecule has 0 aliphatic carbocycles. The van der Waals surface area contributed by atoms with Crippen molar-refractivity contribution in [3.05, 3.63) is 0 Å². The molecule has 13 heavy (non-hydrogen) atoms. The smallest absolute Gasteiger partial charge is 0.307 e. The van der Waals surface area contributed by atoms with Crippen LogP contribution in [-0.4, -0.2) is 18.0 Å². The standard InChI is InChI=1S/C9H17NO3/c1-6(2)13-7(11)5-9(3,4)8(10)12/h6H,5H2,1-4H3,(H2,10,12). The summed E-state index contributed by atoms with van der Waals surface area (Å²) in [5.74, 6) is -0.882. The molecule has 4 nitrogen and oxygen atoms in total. The fourth-order valence-corrected chi connectivity index (χ4v) is 0.753. The molecule has 4 heteroatoms. The summed E-state index contributed by atoms with van der Waals surface area (Å²) in [4.78, 5) is 22.0. The predicted molar refractivity (Wildman–Crippen MR) is 48.8 cm³/mol. The van der Waals surface area contributed by atoms with Gasteiger partial charge in [0.1, 0.15) is 0 Å². The molecule has 1 amide bonds. The Morgan fingerprint density at radius 3 is 2.15 bits per heavy atom. The molecule has 0 unspecified atom stereocenters. The zero-order valence-corrected chi connectivity index (χ0v) is 8.59. The Hall–Kier alpha value is -1.06. The van der Waals surface area contributed by atoms with E-state index in [-0.39, 0.29) is 18.5 Å². The van der Waals surface area contributed by atoms with Gasteiger partial charge in [0.15, 0.2) is 0 Å². The molecule has 0 bridgehead atoms. The van der Waals surface area contributed by atoms with Crippen molar-refractivity contribution in [1.82, 2.24) is 0 Å². The van der Waals surface area contributed by atoms with Crippen molar-refractivity contribution in [2.45, 2.75) is 40.2 Å². The summed E-state index contributed by atoms with van der Waals surface area (Å²) in [6, 6.07) is 0. The molecule has 0 aromatic carbocycles. The first-order chi connectivity index (χ1) is 5.75. The van der Waals surface area contributed by atoms with Crippen LogP contribution in [0.15, 0.2) is 0 Å². The molecule has 0 saturated carbocycles. The molecule has 0 fully saturated rings. The summed E-state index contributed by atoms with van der Waals surface area (Å²) in [7, 11) is 0. The lowest BCUT2D eigenvalue weighted by molar-refractivity contribution is -0.152. The van der Waals surface area contributed by atoms with Gasteiger partial charge in [0.05, 0.1) is 17.9 Å². The van der Waals surface area contributed by atoms with Gasteiger partial charge in [0.2, 0.25) is 5.91 Å². The Morgan fingerprint density at radius 2 is 1.85 bits per heavy atom. The van der Waals surface area contributed by atoms with Crippen LogP contribution < -0.4 is 5.73 Å². The van der Waals surface area contributed by atoms with E-state index in [9.17, 15) is 9.59 Å². The Morgan fingerprint density at radius 1 is 1.38 bits per heavy atom. The lowest BCUT2D eigenvalue weighted by Gasteiger charge is -2.19. The summed E-state index contributed by atoms with van der Waals surface area (Å²) in [5.41, 5.74) is 4.28.